The SMILES string of the molecule is CCO[C@H]1OC(C(N)=O)=C[C@@H](c2ccsc2)[C@H]1CCCO. The summed E-state index contributed by atoms with van der Waals surface area (Å²) >= 11 is 1.61. The van der Waals surface area contributed by atoms with Gasteiger partial charge in [0.15, 0.2) is 5.76 Å². The van der Waals surface area contributed by atoms with Gasteiger partial charge in [-0.2, -0.15) is 11.3 Å². The Hall–Kier alpha value is -1.37. The molecule has 0 bridgehead atoms. The molecule has 0 unspecified atom stereocenters. The Balaban J connectivity index is 2.32. The van der Waals surface area contributed by atoms with E-state index in [4.69, 9.17) is 20.3 Å². The number of thiophene rings is 1. The van der Waals surface area contributed by atoms with Crippen LogP contribution in [-0.2, 0) is 14.3 Å². The van der Waals surface area contributed by atoms with Crippen LogP contribution in [0.5, 0.6) is 0 Å². The molecule has 3 N–H and O–H groups in total. The number of allylic oxidation sites excluding steroid dienone is 1. The normalized spacial score (nSPS) is 25.2. The van der Waals surface area contributed by atoms with Crippen LogP contribution in [0.15, 0.2) is 28.7 Å². The van der Waals surface area contributed by atoms with Gasteiger partial charge < -0.3 is 20.3 Å². The first-order chi connectivity index (χ1) is 10.2. The van der Waals surface area contributed by atoms with Crippen LogP contribution in [0, 0.1) is 5.92 Å². The zero-order valence-corrected chi connectivity index (χ0v) is 12.8. The standard InChI is InChI=1S/C15H21NO4S/c1-2-19-15-11(4-3-6-17)12(10-5-7-21-9-10)8-13(20-15)14(16)18/h5,7-9,11-12,15,17H,2-4,6H2,1H3,(H2,16,18)/t11-,12+,15+/m1/s1. The highest BCUT2D eigenvalue weighted by atomic mass is 32.1. The van der Waals surface area contributed by atoms with E-state index in [1.54, 1.807) is 17.4 Å². The number of carbonyl (C=O) groups is 1. The van der Waals surface area contributed by atoms with E-state index in [-0.39, 0.29) is 24.2 Å². The molecular formula is C15H21NO4S. The van der Waals surface area contributed by atoms with Gasteiger partial charge in [-0.15, -0.1) is 0 Å². The smallest absolute Gasteiger partial charge is 0.283 e. The predicted octanol–water partition coefficient (Wildman–Crippen LogP) is 1.98. The molecule has 0 aliphatic carbocycles. The first-order valence-electron chi connectivity index (χ1n) is 7.10. The molecule has 3 atom stereocenters. The lowest BCUT2D eigenvalue weighted by molar-refractivity contribution is -0.165. The third-order valence-corrected chi connectivity index (χ3v) is 4.28. The summed E-state index contributed by atoms with van der Waals surface area (Å²) in [5.41, 5.74) is 6.48. The van der Waals surface area contributed by atoms with E-state index in [1.165, 1.54) is 0 Å². The molecule has 2 heterocycles. The number of aliphatic hydroxyl groups is 1. The molecule has 5 nitrogen and oxygen atoms in total. The van der Waals surface area contributed by atoms with E-state index in [0.717, 1.165) is 12.0 Å². The minimum atomic E-state index is -0.583. The molecule has 1 aromatic heterocycles. The summed E-state index contributed by atoms with van der Waals surface area (Å²) in [6, 6.07) is 2.03. The number of primary amides is 1. The molecule has 116 valence electrons. The van der Waals surface area contributed by atoms with Gasteiger partial charge in [0, 0.05) is 25.0 Å². The zero-order chi connectivity index (χ0) is 15.2. The monoisotopic (exact) mass is 311 g/mol. The van der Waals surface area contributed by atoms with Crippen LogP contribution < -0.4 is 5.73 Å². The molecular weight excluding hydrogens is 290 g/mol. The van der Waals surface area contributed by atoms with Crippen molar-refractivity contribution < 1.29 is 19.4 Å². The molecule has 0 fully saturated rings. The van der Waals surface area contributed by atoms with E-state index in [1.807, 2.05) is 18.4 Å². The van der Waals surface area contributed by atoms with Crippen molar-refractivity contribution in [2.45, 2.75) is 32.0 Å². The van der Waals surface area contributed by atoms with Gasteiger partial charge in [0.05, 0.1) is 0 Å². The third kappa shape index (κ3) is 3.84. The largest absolute Gasteiger partial charge is 0.459 e. The maximum atomic E-state index is 11.5. The quantitative estimate of drug-likeness (QED) is 0.807. The van der Waals surface area contributed by atoms with Crippen molar-refractivity contribution in [3.05, 3.63) is 34.2 Å². The fraction of sp³-hybridized carbons (Fsp3) is 0.533. The molecule has 1 amide bonds. The van der Waals surface area contributed by atoms with Crippen molar-refractivity contribution >= 4 is 17.2 Å². The third-order valence-electron chi connectivity index (χ3n) is 3.58. The number of carbonyl (C=O) groups excluding carboxylic acids is 1. The Kier molecular flexibility index (Phi) is 5.78. The lowest BCUT2D eigenvalue weighted by Gasteiger charge is -2.36. The molecule has 2 rings (SSSR count). The summed E-state index contributed by atoms with van der Waals surface area (Å²) in [7, 11) is 0. The molecule has 0 spiro atoms. The van der Waals surface area contributed by atoms with Crippen LogP contribution in [0.1, 0.15) is 31.2 Å². The van der Waals surface area contributed by atoms with E-state index >= 15 is 0 Å². The zero-order valence-electron chi connectivity index (χ0n) is 12.0. The minimum absolute atomic E-state index is 0.00981. The first kappa shape index (κ1) is 16.0. The minimum Gasteiger partial charge on any atom is -0.459 e. The Labute approximate surface area is 128 Å². The van der Waals surface area contributed by atoms with Crippen molar-refractivity contribution in [2.75, 3.05) is 13.2 Å². The van der Waals surface area contributed by atoms with E-state index in [9.17, 15) is 4.79 Å². The van der Waals surface area contributed by atoms with Crippen molar-refractivity contribution in [1.82, 2.24) is 0 Å². The molecule has 1 aromatic rings. The summed E-state index contributed by atoms with van der Waals surface area (Å²) in [4.78, 5) is 11.5. The number of nitrogens with two attached hydrogens (primary N) is 1. The summed E-state index contributed by atoms with van der Waals surface area (Å²) in [5.74, 6) is -0.365. The summed E-state index contributed by atoms with van der Waals surface area (Å²) in [5, 5.41) is 13.2. The fourth-order valence-corrected chi connectivity index (χ4v) is 3.33. The second kappa shape index (κ2) is 7.59. The number of hydrogen-bond donors (Lipinski definition) is 2. The van der Waals surface area contributed by atoms with Crippen LogP contribution >= 0.6 is 11.3 Å². The number of aliphatic hydroxyl groups excluding tert-OH is 1. The molecule has 21 heavy (non-hydrogen) atoms. The van der Waals surface area contributed by atoms with Crippen LogP contribution in [-0.4, -0.2) is 30.5 Å². The number of hydrogen-bond acceptors (Lipinski definition) is 5. The van der Waals surface area contributed by atoms with Gasteiger partial charge >= 0.3 is 0 Å². The van der Waals surface area contributed by atoms with Gasteiger partial charge in [-0.05, 0) is 48.2 Å². The predicted molar refractivity (Wildman–Crippen MR) is 80.6 cm³/mol. The van der Waals surface area contributed by atoms with E-state index in [0.29, 0.717) is 13.0 Å². The maximum absolute atomic E-state index is 11.5. The summed E-state index contributed by atoms with van der Waals surface area (Å²) < 4.78 is 11.3. The highest BCUT2D eigenvalue weighted by molar-refractivity contribution is 7.08. The maximum Gasteiger partial charge on any atom is 0.283 e. The molecule has 0 radical (unpaired) electrons. The first-order valence-corrected chi connectivity index (χ1v) is 8.04. The number of rotatable bonds is 7. The molecule has 6 heteroatoms. The Morgan fingerprint density at radius 1 is 1.57 bits per heavy atom. The van der Waals surface area contributed by atoms with Gasteiger partial charge in [0.25, 0.3) is 5.91 Å². The Bertz CT molecular complexity index is 486. The second-order valence-corrected chi connectivity index (χ2v) is 5.73. The van der Waals surface area contributed by atoms with Gasteiger partial charge in [0.2, 0.25) is 6.29 Å². The molecule has 0 aromatic carbocycles. The van der Waals surface area contributed by atoms with Crippen LogP contribution in [0.4, 0.5) is 0 Å². The average molecular weight is 311 g/mol. The van der Waals surface area contributed by atoms with E-state index < -0.39 is 12.2 Å². The molecule has 1 aliphatic rings. The van der Waals surface area contributed by atoms with Crippen molar-refractivity contribution in [2.24, 2.45) is 11.7 Å². The lowest BCUT2D eigenvalue weighted by atomic mass is 9.81. The molecule has 1 aliphatic heterocycles. The topological polar surface area (TPSA) is 81.8 Å². The summed E-state index contributed by atoms with van der Waals surface area (Å²) in [6.45, 7) is 2.50. The van der Waals surface area contributed by atoms with Crippen LogP contribution in [0.25, 0.3) is 0 Å². The van der Waals surface area contributed by atoms with Gasteiger partial charge in [-0.3, -0.25) is 4.79 Å². The van der Waals surface area contributed by atoms with E-state index in [2.05, 4.69) is 5.38 Å². The second-order valence-electron chi connectivity index (χ2n) is 4.95. The van der Waals surface area contributed by atoms with Gasteiger partial charge in [-0.1, -0.05) is 0 Å². The molecule has 0 saturated carbocycles. The summed E-state index contributed by atoms with van der Waals surface area (Å²) in [6.07, 6.45) is 2.68. The highest BCUT2D eigenvalue weighted by Gasteiger charge is 2.37. The van der Waals surface area contributed by atoms with Gasteiger partial charge in [0.1, 0.15) is 0 Å². The Morgan fingerprint density at radius 3 is 2.95 bits per heavy atom. The van der Waals surface area contributed by atoms with Crippen molar-refractivity contribution in [3.63, 3.8) is 0 Å². The Morgan fingerprint density at radius 2 is 2.38 bits per heavy atom. The number of ether oxygens (including phenoxy) is 2. The van der Waals surface area contributed by atoms with Crippen LogP contribution in [0.3, 0.4) is 0 Å². The average Bonchev–Trinajstić information content (AvgIpc) is 2.99. The van der Waals surface area contributed by atoms with Crippen LogP contribution in [0.2, 0.25) is 0 Å². The number of amides is 1. The van der Waals surface area contributed by atoms with Crippen molar-refractivity contribution in [1.29, 1.82) is 0 Å². The fourth-order valence-electron chi connectivity index (χ4n) is 2.62. The van der Waals surface area contributed by atoms with Gasteiger partial charge in [-0.25, -0.2) is 0 Å². The molecule has 0 saturated heterocycles. The highest BCUT2D eigenvalue weighted by Crippen LogP contribution is 2.39. The lowest BCUT2D eigenvalue weighted by Crippen LogP contribution is -2.37. The van der Waals surface area contributed by atoms with Crippen molar-refractivity contribution in [3.8, 4) is 0 Å².